The Morgan fingerprint density at radius 1 is 1.04 bits per heavy atom. The van der Waals surface area contributed by atoms with E-state index in [1.807, 2.05) is 6.92 Å². The summed E-state index contributed by atoms with van der Waals surface area (Å²) in [6.45, 7) is 2.63. The summed E-state index contributed by atoms with van der Waals surface area (Å²) < 4.78 is 0. The quantitative estimate of drug-likeness (QED) is 0.698. The van der Waals surface area contributed by atoms with Crippen LogP contribution in [0.25, 0.3) is 0 Å². The molecule has 0 saturated carbocycles. The Morgan fingerprint density at radius 2 is 1.72 bits per heavy atom. The van der Waals surface area contributed by atoms with Crippen LogP contribution in [0.4, 0.5) is 5.69 Å². The molecule has 3 N–H and O–H groups in total. The predicted octanol–water partition coefficient (Wildman–Crippen LogP) is 3.61. The third kappa shape index (κ3) is 5.55. The number of rotatable bonds is 5. The standard InChI is InChI=1S/C18H18ClN3O2S/c1-2-11-20-16(23)12-7-9-13(10-8-12)21-18(25)22-17(24)14-5-3-4-6-15(14)19/h3-10H,2,11H2,1H3,(H,20,23)(H2,21,22,24,25). The number of hydrogen-bond acceptors (Lipinski definition) is 3. The van der Waals surface area contributed by atoms with Crippen molar-refractivity contribution < 1.29 is 9.59 Å². The van der Waals surface area contributed by atoms with E-state index < -0.39 is 5.91 Å². The molecule has 0 aliphatic carbocycles. The zero-order chi connectivity index (χ0) is 18.2. The molecule has 0 heterocycles. The van der Waals surface area contributed by atoms with Crippen LogP contribution in [0.15, 0.2) is 48.5 Å². The SMILES string of the molecule is CCCNC(=O)c1ccc(NC(=S)NC(=O)c2ccccc2Cl)cc1. The molecular weight excluding hydrogens is 358 g/mol. The van der Waals surface area contributed by atoms with Gasteiger partial charge in [0.15, 0.2) is 5.11 Å². The number of carbonyl (C=O) groups excluding carboxylic acids is 2. The molecule has 0 radical (unpaired) electrons. The molecule has 2 aromatic carbocycles. The van der Waals surface area contributed by atoms with Crippen molar-refractivity contribution in [3.63, 3.8) is 0 Å². The summed E-state index contributed by atoms with van der Waals surface area (Å²) in [6, 6.07) is 13.5. The van der Waals surface area contributed by atoms with Crippen molar-refractivity contribution in [2.45, 2.75) is 13.3 Å². The Morgan fingerprint density at radius 3 is 2.36 bits per heavy atom. The Kier molecular flexibility index (Phi) is 6.91. The van der Waals surface area contributed by atoms with E-state index >= 15 is 0 Å². The van der Waals surface area contributed by atoms with E-state index in [0.29, 0.717) is 28.4 Å². The van der Waals surface area contributed by atoms with Crippen LogP contribution in [-0.2, 0) is 0 Å². The molecule has 2 aromatic rings. The topological polar surface area (TPSA) is 70.2 Å². The van der Waals surface area contributed by atoms with Gasteiger partial charge in [-0.05, 0) is 55.0 Å². The second-order valence-electron chi connectivity index (χ2n) is 5.22. The highest BCUT2D eigenvalue weighted by atomic mass is 35.5. The number of anilines is 1. The van der Waals surface area contributed by atoms with Gasteiger partial charge < -0.3 is 10.6 Å². The highest BCUT2D eigenvalue weighted by molar-refractivity contribution is 7.80. The number of carbonyl (C=O) groups is 2. The highest BCUT2D eigenvalue weighted by Gasteiger charge is 2.11. The summed E-state index contributed by atoms with van der Waals surface area (Å²) in [6.07, 6.45) is 0.880. The van der Waals surface area contributed by atoms with Gasteiger partial charge in [0, 0.05) is 17.8 Å². The normalized spacial score (nSPS) is 10.0. The first-order valence-electron chi connectivity index (χ1n) is 7.76. The monoisotopic (exact) mass is 375 g/mol. The van der Waals surface area contributed by atoms with Gasteiger partial charge in [-0.25, -0.2) is 0 Å². The molecule has 25 heavy (non-hydrogen) atoms. The lowest BCUT2D eigenvalue weighted by molar-refractivity contribution is 0.0951. The fraction of sp³-hybridized carbons (Fsp3) is 0.167. The van der Waals surface area contributed by atoms with E-state index in [9.17, 15) is 9.59 Å². The minimum atomic E-state index is -0.390. The lowest BCUT2D eigenvalue weighted by Crippen LogP contribution is -2.34. The Hall–Kier alpha value is -2.44. The largest absolute Gasteiger partial charge is 0.352 e. The molecule has 0 fully saturated rings. The average Bonchev–Trinajstić information content (AvgIpc) is 2.60. The van der Waals surface area contributed by atoms with Gasteiger partial charge in [0.25, 0.3) is 11.8 Å². The van der Waals surface area contributed by atoms with E-state index in [2.05, 4.69) is 16.0 Å². The number of halogens is 1. The summed E-state index contributed by atoms with van der Waals surface area (Å²) >= 11 is 11.1. The molecule has 0 atom stereocenters. The first-order chi connectivity index (χ1) is 12.0. The first kappa shape index (κ1) is 18.9. The molecule has 0 aliphatic rings. The third-order valence-electron chi connectivity index (χ3n) is 3.29. The second-order valence-corrected chi connectivity index (χ2v) is 6.04. The number of hydrogen-bond donors (Lipinski definition) is 3. The van der Waals surface area contributed by atoms with Crippen molar-refractivity contribution in [2.75, 3.05) is 11.9 Å². The average molecular weight is 376 g/mol. The smallest absolute Gasteiger partial charge is 0.258 e. The van der Waals surface area contributed by atoms with Crippen molar-refractivity contribution in [2.24, 2.45) is 0 Å². The molecule has 130 valence electrons. The van der Waals surface area contributed by atoms with Crippen molar-refractivity contribution in [1.82, 2.24) is 10.6 Å². The van der Waals surface area contributed by atoms with Crippen LogP contribution >= 0.6 is 23.8 Å². The van der Waals surface area contributed by atoms with E-state index in [4.69, 9.17) is 23.8 Å². The number of thiocarbonyl (C=S) groups is 1. The van der Waals surface area contributed by atoms with Crippen LogP contribution in [0.3, 0.4) is 0 Å². The van der Waals surface area contributed by atoms with Gasteiger partial charge in [-0.3, -0.25) is 14.9 Å². The van der Waals surface area contributed by atoms with Crippen molar-refractivity contribution >= 4 is 46.4 Å². The zero-order valence-electron chi connectivity index (χ0n) is 13.6. The Balaban J connectivity index is 1.93. The summed E-state index contributed by atoms with van der Waals surface area (Å²) in [4.78, 5) is 24.0. The van der Waals surface area contributed by atoms with E-state index in [1.54, 1.807) is 48.5 Å². The molecule has 0 saturated heterocycles. The van der Waals surface area contributed by atoms with Crippen LogP contribution in [0, 0.1) is 0 Å². The highest BCUT2D eigenvalue weighted by Crippen LogP contribution is 2.15. The number of benzene rings is 2. The van der Waals surface area contributed by atoms with Gasteiger partial charge in [-0.1, -0.05) is 30.7 Å². The molecule has 0 aromatic heterocycles. The predicted molar refractivity (Wildman–Crippen MR) is 104 cm³/mol. The van der Waals surface area contributed by atoms with E-state index in [-0.39, 0.29) is 11.0 Å². The number of nitrogens with one attached hydrogen (secondary N) is 3. The van der Waals surface area contributed by atoms with Crippen LogP contribution in [-0.4, -0.2) is 23.5 Å². The summed E-state index contributed by atoms with van der Waals surface area (Å²) in [5, 5.41) is 8.77. The maximum Gasteiger partial charge on any atom is 0.258 e. The van der Waals surface area contributed by atoms with Crippen molar-refractivity contribution in [1.29, 1.82) is 0 Å². The summed E-state index contributed by atoms with van der Waals surface area (Å²) in [7, 11) is 0. The molecule has 0 spiro atoms. The fourth-order valence-electron chi connectivity index (χ4n) is 2.02. The van der Waals surface area contributed by atoms with E-state index in [0.717, 1.165) is 6.42 Å². The first-order valence-corrected chi connectivity index (χ1v) is 8.55. The van der Waals surface area contributed by atoms with Gasteiger partial charge in [0.1, 0.15) is 0 Å². The fourth-order valence-corrected chi connectivity index (χ4v) is 2.46. The van der Waals surface area contributed by atoms with E-state index in [1.165, 1.54) is 0 Å². The Bertz CT molecular complexity index is 778. The Labute approximate surface area is 156 Å². The lowest BCUT2D eigenvalue weighted by Gasteiger charge is -2.11. The maximum absolute atomic E-state index is 12.1. The molecule has 0 bridgehead atoms. The molecular formula is C18H18ClN3O2S. The van der Waals surface area contributed by atoms with Crippen LogP contribution in [0.1, 0.15) is 34.1 Å². The molecule has 2 amide bonds. The van der Waals surface area contributed by atoms with Crippen LogP contribution in [0.2, 0.25) is 5.02 Å². The van der Waals surface area contributed by atoms with Crippen molar-refractivity contribution in [3.8, 4) is 0 Å². The summed E-state index contributed by atoms with van der Waals surface area (Å²) in [5.74, 6) is -0.512. The van der Waals surface area contributed by atoms with Crippen LogP contribution < -0.4 is 16.0 Å². The van der Waals surface area contributed by atoms with Gasteiger partial charge in [0.2, 0.25) is 0 Å². The van der Waals surface area contributed by atoms with Gasteiger partial charge in [-0.15, -0.1) is 0 Å². The zero-order valence-corrected chi connectivity index (χ0v) is 15.2. The minimum Gasteiger partial charge on any atom is -0.352 e. The minimum absolute atomic E-state index is 0.122. The molecule has 2 rings (SSSR count). The van der Waals surface area contributed by atoms with Gasteiger partial charge >= 0.3 is 0 Å². The maximum atomic E-state index is 12.1. The molecule has 0 aliphatic heterocycles. The van der Waals surface area contributed by atoms with Crippen LogP contribution in [0.5, 0.6) is 0 Å². The second kappa shape index (κ2) is 9.15. The molecule has 0 unspecified atom stereocenters. The third-order valence-corrected chi connectivity index (χ3v) is 3.82. The molecule has 7 heteroatoms. The lowest BCUT2D eigenvalue weighted by atomic mass is 10.2. The summed E-state index contributed by atoms with van der Waals surface area (Å²) in [5.41, 5.74) is 1.57. The van der Waals surface area contributed by atoms with Gasteiger partial charge in [-0.2, -0.15) is 0 Å². The van der Waals surface area contributed by atoms with Gasteiger partial charge in [0.05, 0.1) is 10.6 Å². The molecule has 5 nitrogen and oxygen atoms in total. The van der Waals surface area contributed by atoms with Crippen molar-refractivity contribution in [3.05, 3.63) is 64.7 Å². The number of amides is 2.